The van der Waals surface area contributed by atoms with Gasteiger partial charge in [-0.3, -0.25) is 14.9 Å². The fourth-order valence-electron chi connectivity index (χ4n) is 3.59. The van der Waals surface area contributed by atoms with Crippen molar-refractivity contribution in [1.82, 2.24) is 4.90 Å². The van der Waals surface area contributed by atoms with Crippen LogP contribution < -0.4 is 5.73 Å². The van der Waals surface area contributed by atoms with Gasteiger partial charge in [-0.2, -0.15) is 0 Å². The lowest BCUT2D eigenvalue weighted by atomic mass is 9.78. The van der Waals surface area contributed by atoms with Crippen LogP contribution in [0.25, 0.3) is 0 Å². The van der Waals surface area contributed by atoms with Crippen LogP contribution in [0.1, 0.15) is 29.6 Å². The van der Waals surface area contributed by atoms with Crippen molar-refractivity contribution in [2.24, 2.45) is 17.6 Å². The Kier molecular flexibility index (Phi) is 3.63. The zero-order valence-corrected chi connectivity index (χ0v) is 11.8. The van der Waals surface area contributed by atoms with Gasteiger partial charge >= 0.3 is 0 Å². The maximum Gasteiger partial charge on any atom is 0.269 e. The van der Waals surface area contributed by atoms with Gasteiger partial charge in [0.1, 0.15) is 0 Å². The SMILES string of the molecule is NC1CCCC2CN(C(=O)c3ccc([N+](=O)[O-])cc3)CC12. The number of carbonyl (C=O) groups is 1. The first-order valence-electron chi connectivity index (χ1n) is 7.35. The number of carbonyl (C=O) groups excluding carboxylic acids is 1. The van der Waals surface area contributed by atoms with E-state index in [9.17, 15) is 14.9 Å². The predicted octanol–water partition coefficient (Wildman–Crippen LogP) is 1.79. The van der Waals surface area contributed by atoms with Crippen molar-refractivity contribution in [1.29, 1.82) is 0 Å². The number of non-ortho nitro benzene ring substituents is 1. The molecule has 1 amide bonds. The molecule has 1 aromatic rings. The number of nitro groups is 1. The number of nitro benzene ring substituents is 1. The van der Waals surface area contributed by atoms with E-state index in [1.807, 2.05) is 4.90 Å². The van der Waals surface area contributed by atoms with Gasteiger partial charge in [-0.25, -0.2) is 0 Å². The third-order valence-electron chi connectivity index (χ3n) is 4.77. The first-order valence-corrected chi connectivity index (χ1v) is 7.35. The average Bonchev–Trinajstić information content (AvgIpc) is 2.92. The van der Waals surface area contributed by atoms with E-state index in [4.69, 9.17) is 5.73 Å². The van der Waals surface area contributed by atoms with Crippen molar-refractivity contribution in [3.63, 3.8) is 0 Å². The predicted molar refractivity (Wildman–Crippen MR) is 77.8 cm³/mol. The molecule has 1 saturated carbocycles. The molecule has 6 nitrogen and oxygen atoms in total. The Morgan fingerprint density at radius 3 is 2.57 bits per heavy atom. The van der Waals surface area contributed by atoms with Gasteiger partial charge in [0.25, 0.3) is 11.6 Å². The zero-order chi connectivity index (χ0) is 15.0. The minimum atomic E-state index is -0.461. The van der Waals surface area contributed by atoms with Crippen molar-refractivity contribution in [3.05, 3.63) is 39.9 Å². The molecule has 2 aliphatic rings. The first kappa shape index (κ1) is 14.0. The number of nitrogens with two attached hydrogens (primary N) is 1. The number of hydrogen-bond acceptors (Lipinski definition) is 4. The van der Waals surface area contributed by atoms with Crippen molar-refractivity contribution in [3.8, 4) is 0 Å². The van der Waals surface area contributed by atoms with Crippen LogP contribution in [0.5, 0.6) is 0 Å². The lowest BCUT2D eigenvalue weighted by Crippen LogP contribution is -2.38. The zero-order valence-electron chi connectivity index (χ0n) is 11.8. The highest BCUT2D eigenvalue weighted by Gasteiger charge is 2.40. The second-order valence-electron chi connectivity index (χ2n) is 6.03. The minimum absolute atomic E-state index is 0.00339. The molecule has 112 valence electrons. The van der Waals surface area contributed by atoms with Crippen LogP contribution >= 0.6 is 0 Å². The summed E-state index contributed by atoms with van der Waals surface area (Å²) in [6.45, 7) is 1.47. The van der Waals surface area contributed by atoms with E-state index < -0.39 is 4.92 Å². The Balaban J connectivity index is 1.72. The minimum Gasteiger partial charge on any atom is -0.338 e. The van der Waals surface area contributed by atoms with Crippen LogP contribution in [0, 0.1) is 22.0 Å². The molecule has 1 heterocycles. The molecule has 1 aliphatic carbocycles. The van der Waals surface area contributed by atoms with E-state index in [2.05, 4.69) is 0 Å². The summed E-state index contributed by atoms with van der Waals surface area (Å²) in [5, 5.41) is 10.6. The van der Waals surface area contributed by atoms with Gasteiger partial charge in [0.05, 0.1) is 4.92 Å². The standard InChI is InChI=1S/C15H19N3O3/c16-14-3-1-2-11-8-17(9-13(11)14)15(19)10-4-6-12(7-5-10)18(20)21/h4-7,11,13-14H,1-3,8-9,16H2. The second-order valence-corrected chi connectivity index (χ2v) is 6.03. The Labute approximate surface area is 123 Å². The number of benzene rings is 1. The summed E-state index contributed by atoms with van der Waals surface area (Å²) in [5.41, 5.74) is 6.67. The van der Waals surface area contributed by atoms with Gasteiger partial charge in [-0.1, -0.05) is 6.42 Å². The van der Waals surface area contributed by atoms with E-state index in [-0.39, 0.29) is 17.6 Å². The maximum atomic E-state index is 12.5. The summed E-state index contributed by atoms with van der Waals surface area (Å²) >= 11 is 0. The van der Waals surface area contributed by atoms with E-state index >= 15 is 0 Å². The van der Waals surface area contributed by atoms with Crippen molar-refractivity contribution in [2.45, 2.75) is 25.3 Å². The summed E-state index contributed by atoms with van der Waals surface area (Å²) in [5.74, 6) is 0.864. The van der Waals surface area contributed by atoms with Crippen LogP contribution in [0.4, 0.5) is 5.69 Å². The highest BCUT2D eigenvalue weighted by Crippen LogP contribution is 2.36. The topological polar surface area (TPSA) is 89.5 Å². The molecule has 0 radical (unpaired) electrons. The summed E-state index contributed by atoms with van der Waals surface area (Å²) in [6, 6.07) is 6.01. The van der Waals surface area contributed by atoms with Gasteiger partial charge in [-0.05, 0) is 36.8 Å². The Morgan fingerprint density at radius 2 is 1.95 bits per heavy atom. The number of hydrogen-bond donors (Lipinski definition) is 1. The lowest BCUT2D eigenvalue weighted by Gasteiger charge is -2.29. The van der Waals surface area contributed by atoms with Crippen molar-refractivity contribution >= 4 is 11.6 Å². The quantitative estimate of drug-likeness (QED) is 0.664. The molecule has 0 aromatic heterocycles. The molecule has 6 heteroatoms. The van der Waals surface area contributed by atoms with Crippen molar-refractivity contribution in [2.75, 3.05) is 13.1 Å². The highest BCUT2D eigenvalue weighted by atomic mass is 16.6. The van der Waals surface area contributed by atoms with Gasteiger partial charge in [0, 0.05) is 36.8 Å². The Morgan fingerprint density at radius 1 is 1.24 bits per heavy atom. The summed E-state index contributed by atoms with van der Waals surface area (Å²) in [7, 11) is 0. The van der Waals surface area contributed by atoms with Gasteiger partial charge in [-0.15, -0.1) is 0 Å². The largest absolute Gasteiger partial charge is 0.338 e. The van der Waals surface area contributed by atoms with E-state index in [1.165, 1.54) is 24.3 Å². The molecule has 0 spiro atoms. The van der Waals surface area contributed by atoms with Crippen LogP contribution in [-0.4, -0.2) is 34.9 Å². The molecule has 3 rings (SSSR count). The van der Waals surface area contributed by atoms with Crippen LogP contribution in [0.15, 0.2) is 24.3 Å². The number of rotatable bonds is 2. The summed E-state index contributed by atoms with van der Waals surface area (Å²) in [4.78, 5) is 24.5. The first-order chi connectivity index (χ1) is 10.1. The number of nitrogens with zero attached hydrogens (tertiary/aromatic N) is 2. The highest BCUT2D eigenvalue weighted by molar-refractivity contribution is 5.94. The second kappa shape index (κ2) is 5.44. The molecule has 1 saturated heterocycles. The molecule has 1 aromatic carbocycles. The Hall–Kier alpha value is -1.95. The summed E-state index contributed by atoms with van der Waals surface area (Å²) in [6.07, 6.45) is 3.32. The molecular weight excluding hydrogens is 270 g/mol. The van der Waals surface area contributed by atoms with Gasteiger partial charge in [0.15, 0.2) is 0 Å². The van der Waals surface area contributed by atoms with Crippen LogP contribution in [-0.2, 0) is 0 Å². The molecule has 3 unspecified atom stereocenters. The number of likely N-dealkylation sites (tertiary alicyclic amines) is 1. The fraction of sp³-hybridized carbons (Fsp3) is 0.533. The third-order valence-corrected chi connectivity index (χ3v) is 4.77. The van der Waals surface area contributed by atoms with Crippen LogP contribution in [0.2, 0.25) is 0 Å². The van der Waals surface area contributed by atoms with Gasteiger partial charge in [0.2, 0.25) is 0 Å². The van der Waals surface area contributed by atoms with E-state index in [1.54, 1.807) is 0 Å². The van der Waals surface area contributed by atoms with E-state index in [0.717, 1.165) is 25.8 Å². The maximum absolute atomic E-state index is 12.5. The van der Waals surface area contributed by atoms with Gasteiger partial charge < -0.3 is 10.6 Å². The molecule has 2 fully saturated rings. The monoisotopic (exact) mass is 289 g/mol. The lowest BCUT2D eigenvalue weighted by molar-refractivity contribution is -0.384. The molecular formula is C15H19N3O3. The van der Waals surface area contributed by atoms with Crippen LogP contribution in [0.3, 0.4) is 0 Å². The third kappa shape index (κ3) is 2.63. The average molecular weight is 289 g/mol. The molecule has 3 atom stereocenters. The molecule has 1 aliphatic heterocycles. The number of amides is 1. The molecule has 0 bridgehead atoms. The molecule has 2 N–H and O–H groups in total. The number of fused-ring (bicyclic) bond motifs is 1. The smallest absolute Gasteiger partial charge is 0.269 e. The van der Waals surface area contributed by atoms with E-state index in [0.29, 0.717) is 23.9 Å². The van der Waals surface area contributed by atoms with Crippen molar-refractivity contribution < 1.29 is 9.72 Å². The summed E-state index contributed by atoms with van der Waals surface area (Å²) < 4.78 is 0. The molecule has 21 heavy (non-hydrogen) atoms. The Bertz CT molecular complexity index is 558. The normalized spacial score (nSPS) is 28.2. The fourth-order valence-corrected chi connectivity index (χ4v) is 3.59.